The number of nitrogen functional groups attached to an aromatic ring is 1. The molecule has 3 rings (SSSR count). The number of hydrogen-bond donors (Lipinski definition) is 1. The van der Waals surface area contributed by atoms with Gasteiger partial charge in [0.05, 0.1) is 17.6 Å². The molecule has 0 aliphatic carbocycles. The van der Waals surface area contributed by atoms with E-state index in [9.17, 15) is 0 Å². The number of hydrogen-bond acceptors (Lipinski definition) is 4. The molecular weight excluding hydrogens is 272 g/mol. The largest absolute Gasteiger partial charge is 0.397 e. The summed E-state index contributed by atoms with van der Waals surface area (Å²) in [4.78, 5) is 8.81. The minimum Gasteiger partial charge on any atom is -0.397 e. The number of piperazine rings is 1. The van der Waals surface area contributed by atoms with Crippen LogP contribution < -0.4 is 15.5 Å². The Kier molecular flexibility index (Phi) is 3.65. The molecule has 0 saturated carbocycles. The number of pyridine rings is 1. The Labute approximate surface area is 123 Å². The van der Waals surface area contributed by atoms with Crippen molar-refractivity contribution in [1.29, 1.82) is 0 Å². The van der Waals surface area contributed by atoms with Gasteiger partial charge in [-0.1, -0.05) is 17.7 Å². The minimum absolute atomic E-state index is 0.708. The Morgan fingerprint density at radius 2 is 1.65 bits per heavy atom. The Morgan fingerprint density at radius 1 is 0.950 bits per heavy atom. The van der Waals surface area contributed by atoms with Gasteiger partial charge in [0, 0.05) is 43.1 Å². The van der Waals surface area contributed by atoms with Gasteiger partial charge < -0.3 is 15.5 Å². The topological polar surface area (TPSA) is 45.4 Å². The molecule has 0 unspecified atom stereocenters. The molecule has 1 saturated heterocycles. The van der Waals surface area contributed by atoms with E-state index in [-0.39, 0.29) is 0 Å². The standard InChI is InChI=1S/C15H17ClN4/c16-12-2-1-3-14(8-12)19-4-6-20(7-5-19)15-9-13(17)10-18-11-15/h1-3,8-11H,4-7,17H2. The average Bonchev–Trinajstić information content (AvgIpc) is 2.47. The van der Waals surface area contributed by atoms with Gasteiger partial charge in [0.15, 0.2) is 0 Å². The van der Waals surface area contributed by atoms with Crippen molar-refractivity contribution in [3.63, 3.8) is 0 Å². The van der Waals surface area contributed by atoms with Crippen molar-refractivity contribution in [2.45, 2.75) is 0 Å². The molecule has 2 N–H and O–H groups in total. The SMILES string of the molecule is Nc1cncc(N2CCN(c3cccc(Cl)c3)CC2)c1. The summed E-state index contributed by atoms with van der Waals surface area (Å²) in [5, 5.41) is 0.782. The summed E-state index contributed by atoms with van der Waals surface area (Å²) >= 11 is 6.05. The molecule has 2 aromatic rings. The highest BCUT2D eigenvalue weighted by molar-refractivity contribution is 6.30. The molecule has 20 heavy (non-hydrogen) atoms. The average molecular weight is 289 g/mol. The van der Waals surface area contributed by atoms with Gasteiger partial charge in [-0.3, -0.25) is 4.98 Å². The third kappa shape index (κ3) is 2.80. The van der Waals surface area contributed by atoms with Gasteiger partial charge in [-0.15, -0.1) is 0 Å². The van der Waals surface area contributed by atoms with Gasteiger partial charge in [0.2, 0.25) is 0 Å². The molecule has 0 bridgehead atoms. The molecule has 5 heteroatoms. The van der Waals surface area contributed by atoms with Gasteiger partial charge in [-0.25, -0.2) is 0 Å². The Hall–Kier alpha value is -1.94. The molecule has 0 amide bonds. The maximum absolute atomic E-state index is 6.05. The molecule has 0 spiro atoms. The monoisotopic (exact) mass is 288 g/mol. The molecule has 0 atom stereocenters. The van der Waals surface area contributed by atoms with Crippen LogP contribution in [0, 0.1) is 0 Å². The first-order valence-electron chi connectivity index (χ1n) is 6.68. The lowest BCUT2D eigenvalue weighted by Gasteiger charge is -2.37. The Morgan fingerprint density at radius 3 is 2.30 bits per heavy atom. The third-order valence-electron chi connectivity index (χ3n) is 3.56. The highest BCUT2D eigenvalue weighted by Crippen LogP contribution is 2.23. The lowest BCUT2D eigenvalue weighted by Crippen LogP contribution is -2.46. The highest BCUT2D eigenvalue weighted by Gasteiger charge is 2.17. The van der Waals surface area contributed by atoms with Crippen LogP contribution in [0.4, 0.5) is 17.1 Å². The third-order valence-corrected chi connectivity index (χ3v) is 3.80. The summed E-state index contributed by atoms with van der Waals surface area (Å²) in [5.74, 6) is 0. The van der Waals surface area contributed by atoms with Gasteiger partial charge in [0.1, 0.15) is 0 Å². The van der Waals surface area contributed by atoms with E-state index >= 15 is 0 Å². The van der Waals surface area contributed by atoms with E-state index in [1.807, 2.05) is 30.5 Å². The van der Waals surface area contributed by atoms with Crippen LogP contribution in [0.5, 0.6) is 0 Å². The number of nitrogens with zero attached hydrogens (tertiary/aromatic N) is 3. The van der Waals surface area contributed by atoms with E-state index in [2.05, 4.69) is 20.9 Å². The lowest BCUT2D eigenvalue weighted by molar-refractivity contribution is 0.653. The molecule has 1 aliphatic rings. The van der Waals surface area contributed by atoms with E-state index in [1.165, 1.54) is 5.69 Å². The summed E-state index contributed by atoms with van der Waals surface area (Å²) < 4.78 is 0. The molecule has 0 radical (unpaired) electrons. The van der Waals surface area contributed by atoms with Crippen LogP contribution in [0.2, 0.25) is 5.02 Å². The summed E-state index contributed by atoms with van der Waals surface area (Å²) in [6.45, 7) is 3.85. The molecule has 4 nitrogen and oxygen atoms in total. The minimum atomic E-state index is 0.708. The Balaban J connectivity index is 1.68. The highest BCUT2D eigenvalue weighted by atomic mass is 35.5. The smallest absolute Gasteiger partial charge is 0.0574 e. The van der Waals surface area contributed by atoms with Crippen LogP contribution in [0.3, 0.4) is 0 Å². The van der Waals surface area contributed by atoms with Crippen LogP contribution in [0.15, 0.2) is 42.7 Å². The number of benzene rings is 1. The van der Waals surface area contributed by atoms with Gasteiger partial charge in [-0.2, -0.15) is 0 Å². The van der Waals surface area contributed by atoms with Crippen molar-refractivity contribution in [2.75, 3.05) is 41.7 Å². The zero-order valence-corrected chi connectivity index (χ0v) is 11.9. The first-order valence-corrected chi connectivity index (χ1v) is 7.06. The summed E-state index contributed by atoms with van der Waals surface area (Å²) in [7, 11) is 0. The van der Waals surface area contributed by atoms with Crippen LogP contribution in [0.1, 0.15) is 0 Å². The number of halogens is 1. The summed E-state index contributed by atoms with van der Waals surface area (Å²) in [6.07, 6.45) is 3.54. The van der Waals surface area contributed by atoms with Crippen molar-refractivity contribution in [1.82, 2.24) is 4.98 Å². The lowest BCUT2D eigenvalue weighted by atomic mass is 10.2. The first-order chi connectivity index (χ1) is 9.72. The molecule has 104 valence electrons. The van der Waals surface area contributed by atoms with Gasteiger partial charge >= 0.3 is 0 Å². The second-order valence-electron chi connectivity index (χ2n) is 4.93. The van der Waals surface area contributed by atoms with Gasteiger partial charge in [-0.05, 0) is 24.3 Å². The second-order valence-corrected chi connectivity index (χ2v) is 5.37. The van der Waals surface area contributed by atoms with E-state index < -0.39 is 0 Å². The number of anilines is 3. The van der Waals surface area contributed by atoms with Crippen molar-refractivity contribution in [3.8, 4) is 0 Å². The van der Waals surface area contributed by atoms with Crippen LogP contribution in [-0.2, 0) is 0 Å². The normalized spacial score (nSPS) is 15.4. The quantitative estimate of drug-likeness (QED) is 0.923. The van der Waals surface area contributed by atoms with Gasteiger partial charge in [0.25, 0.3) is 0 Å². The molecule has 1 aliphatic heterocycles. The van der Waals surface area contributed by atoms with Crippen molar-refractivity contribution in [2.24, 2.45) is 0 Å². The Bertz CT molecular complexity index is 540. The van der Waals surface area contributed by atoms with E-state index in [0.29, 0.717) is 5.69 Å². The maximum Gasteiger partial charge on any atom is 0.0574 e. The maximum atomic E-state index is 6.05. The predicted octanol–water partition coefficient (Wildman–Crippen LogP) is 2.64. The molecule has 2 heterocycles. The number of nitrogens with two attached hydrogens (primary N) is 1. The van der Waals surface area contributed by atoms with E-state index in [1.54, 1.807) is 6.20 Å². The van der Waals surface area contributed by atoms with Crippen LogP contribution >= 0.6 is 11.6 Å². The van der Waals surface area contributed by atoms with E-state index in [0.717, 1.165) is 36.9 Å². The fourth-order valence-electron chi connectivity index (χ4n) is 2.51. The molecular formula is C15H17ClN4. The number of aromatic nitrogens is 1. The predicted molar refractivity (Wildman–Crippen MR) is 84.5 cm³/mol. The fraction of sp³-hybridized carbons (Fsp3) is 0.267. The molecule has 1 aromatic carbocycles. The van der Waals surface area contributed by atoms with Crippen LogP contribution in [0.25, 0.3) is 0 Å². The first kappa shape index (κ1) is 13.1. The van der Waals surface area contributed by atoms with Crippen molar-refractivity contribution in [3.05, 3.63) is 47.7 Å². The zero-order chi connectivity index (χ0) is 13.9. The number of rotatable bonds is 2. The second kappa shape index (κ2) is 5.59. The fourth-order valence-corrected chi connectivity index (χ4v) is 2.70. The summed E-state index contributed by atoms with van der Waals surface area (Å²) in [5.41, 5.74) is 8.77. The molecule has 1 aromatic heterocycles. The van der Waals surface area contributed by atoms with Crippen molar-refractivity contribution >= 4 is 28.7 Å². The zero-order valence-electron chi connectivity index (χ0n) is 11.2. The van der Waals surface area contributed by atoms with Crippen molar-refractivity contribution < 1.29 is 0 Å². The van der Waals surface area contributed by atoms with E-state index in [4.69, 9.17) is 17.3 Å². The van der Waals surface area contributed by atoms with Crippen LogP contribution in [-0.4, -0.2) is 31.2 Å². The molecule has 1 fully saturated rings. The summed E-state index contributed by atoms with van der Waals surface area (Å²) in [6, 6.07) is 9.98.